The molecule has 1 fully saturated rings. The molecule has 5 nitrogen and oxygen atoms in total. The van der Waals surface area contributed by atoms with Crippen molar-refractivity contribution >= 4 is 28.5 Å². The van der Waals surface area contributed by atoms with Crippen LogP contribution in [0.3, 0.4) is 0 Å². The van der Waals surface area contributed by atoms with Gasteiger partial charge in [-0.05, 0) is 44.4 Å². The van der Waals surface area contributed by atoms with Gasteiger partial charge in [0.05, 0.1) is 16.3 Å². The molecule has 28 heavy (non-hydrogen) atoms. The Kier molecular flexibility index (Phi) is 4.63. The molecular formula is C22H19ClO5. The number of para-hydroxylation sites is 1. The molecule has 1 N–H and O–H groups in total. The van der Waals surface area contributed by atoms with E-state index in [-0.39, 0.29) is 17.5 Å². The first-order chi connectivity index (χ1) is 13.3. The largest absolute Gasteiger partial charge is 0.490 e. The molecule has 0 radical (unpaired) electrons. The summed E-state index contributed by atoms with van der Waals surface area (Å²) in [4.78, 5) is 23.5. The van der Waals surface area contributed by atoms with Gasteiger partial charge in [-0.1, -0.05) is 29.8 Å². The van der Waals surface area contributed by atoms with Gasteiger partial charge in [0.15, 0.2) is 11.0 Å². The number of ether oxygens (including phenoxy) is 1. The van der Waals surface area contributed by atoms with Gasteiger partial charge in [0, 0.05) is 17.2 Å². The van der Waals surface area contributed by atoms with Crippen molar-refractivity contribution in [1.29, 1.82) is 0 Å². The highest BCUT2D eigenvalue weighted by Crippen LogP contribution is 2.38. The van der Waals surface area contributed by atoms with Gasteiger partial charge >= 0.3 is 5.97 Å². The normalized spacial score (nSPS) is 18.7. The lowest BCUT2D eigenvalue weighted by atomic mass is 9.82. The summed E-state index contributed by atoms with van der Waals surface area (Å²) in [5.74, 6) is 0.00419. The third-order valence-corrected chi connectivity index (χ3v) is 5.60. The quantitative estimate of drug-likeness (QED) is 0.671. The standard InChI is InChI=1S/C22H19ClO5/c1-11-6-7-15(12(2)20(11)27-14-8-13(9-14)22(25)26)19-10-18(24)16-4-3-5-17(23)21(16)28-19/h3-7,10,13-14H,8-9H2,1-2H3,(H,25,26). The number of rotatable bonds is 4. The van der Waals surface area contributed by atoms with Crippen molar-refractivity contribution in [2.24, 2.45) is 5.92 Å². The number of carbonyl (C=O) groups is 1. The maximum absolute atomic E-state index is 12.5. The van der Waals surface area contributed by atoms with E-state index in [1.165, 1.54) is 6.07 Å². The highest BCUT2D eigenvalue weighted by Gasteiger charge is 2.36. The molecule has 0 spiro atoms. The van der Waals surface area contributed by atoms with Crippen LogP contribution in [0.25, 0.3) is 22.3 Å². The van der Waals surface area contributed by atoms with E-state index >= 15 is 0 Å². The minimum absolute atomic E-state index is 0.119. The molecule has 0 saturated heterocycles. The number of fused-ring (bicyclic) bond motifs is 1. The summed E-state index contributed by atoms with van der Waals surface area (Å²) in [7, 11) is 0. The highest BCUT2D eigenvalue weighted by molar-refractivity contribution is 6.34. The molecule has 3 aromatic rings. The number of carboxylic acids is 1. The zero-order valence-electron chi connectivity index (χ0n) is 15.5. The van der Waals surface area contributed by atoms with Gasteiger partial charge in [-0.15, -0.1) is 0 Å². The van der Waals surface area contributed by atoms with E-state index in [0.29, 0.717) is 40.3 Å². The molecule has 144 valence electrons. The van der Waals surface area contributed by atoms with Crippen LogP contribution < -0.4 is 10.2 Å². The molecule has 0 unspecified atom stereocenters. The Labute approximate surface area is 166 Å². The summed E-state index contributed by atoms with van der Waals surface area (Å²) in [5.41, 5.74) is 2.73. The topological polar surface area (TPSA) is 76.7 Å². The second-order valence-corrected chi connectivity index (χ2v) is 7.63. The molecule has 0 amide bonds. The van der Waals surface area contributed by atoms with Crippen LogP contribution in [0.1, 0.15) is 24.0 Å². The Bertz CT molecular complexity index is 1140. The Morgan fingerprint density at radius 1 is 1.21 bits per heavy atom. The molecule has 0 bridgehead atoms. The van der Waals surface area contributed by atoms with E-state index in [1.54, 1.807) is 18.2 Å². The van der Waals surface area contributed by atoms with Crippen molar-refractivity contribution < 1.29 is 19.1 Å². The van der Waals surface area contributed by atoms with Gasteiger partial charge in [0.2, 0.25) is 0 Å². The van der Waals surface area contributed by atoms with Gasteiger partial charge in [-0.25, -0.2) is 0 Å². The first-order valence-electron chi connectivity index (χ1n) is 9.07. The Hall–Kier alpha value is -2.79. The third-order valence-electron chi connectivity index (χ3n) is 5.30. The predicted molar refractivity (Wildman–Crippen MR) is 107 cm³/mol. The zero-order chi connectivity index (χ0) is 20.0. The predicted octanol–water partition coefficient (Wildman–Crippen LogP) is 4.97. The second kappa shape index (κ2) is 6.99. The second-order valence-electron chi connectivity index (χ2n) is 7.22. The number of halogens is 1. The lowest BCUT2D eigenvalue weighted by molar-refractivity contribution is -0.147. The summed E-state index contributed by atoms with van der Waals surface area (Å²) in [6.45, 7) is 3.84. The number of benzene rings is 2. The highest BCUT2D eigenvalue weighted by atomic mass is 35.5. The fourth-order valence-corrected chi connectivity index (χ4v) is 3.79. The average molecular weight is 399 g/mol. The smallest absolute Gasteiger partial charge is 0.306 e. The molecule has 1 saturated carbocycles. The van der Waals surface area contributed by atoms with Crippen molar-refractivity contribution in [2.75, 3.05) is 0 Å². The fourth-order valence-electron chi connectivity index (χ4n) is 3.58. The van der Waals surface area contributed by atoms with E-state index in [1.807, 2.05) is 26.0 Å². The van der Waals surface area contributed by atoms with Crippen LogP contribution in [-0.4, -0.2) is 17.2 Å². The maximum Gasteiger partial charge on any atom is 0.306 e. The molecule has 1 aliphatic carbocycles. The number of aliphatic carboxylic acids is 1. The lowest BCUT2D eigenvalue weighted by Gasteiger charge is -2.33. The van der Waals surface area contributed by atoms with E-state index < -0.39 is 5.97 Å². The van der Waals surface area contributed by atoms with E-state index in [4.69, 9.17) is 25.9 Å². The van der Waals surface area contributed by atoms with Gasteiger partial charge < -0.3 is 14.3 Å². The minimum atomic E-state index is -0.781. The maximum atomic E-state index is 12.5. The summed E-state index contributed by atoms with van der Waals surface area (Å²) in [6.07, 6.45) is 0.880. The summed E-state index contributed by atoms with van der Waals surface area (Å²) in [6, 6.07) is 10.3. The summed E-state index contributed by atoms with van der Waals surface area (Å²) in [5, 5.41) is 9.86. The monoisotopic (exact) mass is 398 g/mol. The molecule has 0 aliphatic heterocycles. The van der Waals surface area contributed by atoms with Crippen molar-refractivity contribution in [3.05, 3.63) is 62.8 Å². The fraction of sp³-hybridized carbons (Fsp3) is 0.273. The van der Waals surface area contributed by atoms with Crippen LogP contribution in [-0.2, 0) is 4.79 Å². The number of aryl methyl sites for hydroxylation is 1. The van der Waals surface area contributed by atoms with Crippen LogP contribution in [0.5, 0.6) is 5.75 Å². The molecule has 1 aromatic heterocycles. The van der Waals surface area contributed by atoms with Crippen LogP contribution in [0.15, 0.2) is 45.6 Å². The summed E-state index contributed by atoms with van der Waals surface area (Å²) >= 11 is 6.21. The molecule has 4 rings (SSSR count). The molecule has 2 aromatic carbocycles. The van der Waals surface area contributed by atoms with E-state index in [2.05, 4.69) is 0 Å². The van der Waals surface area contributed by atoms with Gasteiger partial charge in [0.25, 0.3) is 0 Å². The third kappa shape index (κ3) is 3.16. The molecular weight excluding hydrogens is 380 g/mol. The number of hydrogen-bond acceptors (Lipinski definition) is 4. The Morgan fingerprint density at radius 3 is 2.68 bits per heavy atom. The van der Waals surface area contributed by atoms with Crippen LogP contribution in [0.4, 0.5) is 0 Å². The van der Waals surface area contributed by atoms with Crippen LogP contribution in [0.2, 0.25) is 5.02 Å². The molecule has 0 atom stereocenters. The number of hydrogen-bond donors (Lipinski definition) is 1. The van der Waals surface area contributed by atoms with Gasteiger partial charge in [-0.2, -0.15) is 0 Å². The SMILES string of the molecule is Cc1ccc(-c2cc(=O)c3cccc(Cl)c3o2)c(C)c1OC1CC(C(=O)O)C1. The average Bonchev–Trinajstić information content (AvgIpc) is 2.60. The van der Waals surface area contributed by atoms with Crippen LogP contribution >= 0.6 is 11.6 Å². The molecule has 6 heteroatoms. The van der Waals surface area contributed by atoms with Crippen molar-refractivity contribution in [1.82, 2.24) is 0 Å². The lowest BCUT2D eigenvalue weighted by Crippen LogP contribution is -2.38. The summed E-state index contributed by atoms with van der Waals surface area (Å²) < 4.78 is 12.1. The van der Waals surface area contributed by atoms with Crippen molar-refractivity contribution in [3.63, 3.8) is 0 Å². The van der Waals surface area contributed by atoms with Gasteiger partial charge in [0.1, 0.15) is 17.6 Å². The Balaban J connectivity index is 1.73. The van der Waals surface area contributed by atoms with E-state index in [0.717, 1.165) is 16.7 Å². The van der Waals surface area contributed by atoms with Gasteiger partial charge in [-0.3, -0.25) is 9.59 Å². The minimum Gasteiger partial charge on any atom is -0.490 e. The van der Waals surface area contributed by atoms with E-state index in [9.17, 15) is 9.59 Å². The number of carboxylic acid groups (broad SMARTS) is 1. The zero-order valence-corrected chi connectivity index (χ0v) is 16.2. The molecule has 1 heterocycles. The Morgan fingerprint density at radius 2 is 1.96 bits per heavy atom. The van der Waals surface area contributed by atoms with Crippen molar-refractivity contribution in [2.45, 2.75) is 32.8 Å². The molecule has 1 aliphatic rings. The van der Waals surface area contributed by atoms with Crippen LogP contribution in [0, 0.1) is 19.8 Å². The first-order valence-corrected chi connectivity index (χ1v) is 9.45. The van der Waals surface area contributed by atoms with Crippen molar-refractivity contribution in [3.8, 4) is 17.1 Å². The first kappa shape index (κ1) is 18.6.